The molecule has 0 spiro atoms. The van der Waals surface area contributed by atoms with Crippen molar-refractivity contribution in [3.63, 3.8) is 0 Å². The molecule has 8 heteroatoms. The molecule has 0 aliphatic carbocycles. The Hall–Kier alpha value is -1.96. The fourth-order valence-electron chi connectivity index (χ4n) is 2.24. The Morgan fingerprint density at radius 3 is 2.70 bits per heavy atom. The number of rotatable bonds is 3. The van der Waals surface area contributed by atoms with E-state index in [0.29, 0.717) is 23.9 Å². The van der Waals surface area contributed by atoms with Crippen molar-refractivity contribution in [3.8, 4) is 0 Å². The maximum Gasteiger partial charge on any atom is 0.326 e. The number of nitro benzene ring substituents is 1. The summed E-state index contributed by atoms with van der Waals surface area (Å²) in [7, 11) is 0. The number of carbonyl (C=O) groups excluding carboxylic acids is 1. The van der Waals surface area contributed by atoms with Crippen molar-refractivity contribution in [2.45, 2.75) is 18.9 Å². The van der Waals surface area contributed by atoms with Crippen LogP contribution in [0.4, 0.5) is 5.69 Å². The van der Waals surface area contributed by atoms with Crippen molar-refractivity contribution in [1.29, 1.82) is 0 Å². The predicted octanol–water partition coefficient (Wildman–Crippen LogP) is 2.05. The molecule has 1 saturated heterocycles. The molecular formula is C12H11BrN2O5. The largest absolute Gasteiger partial charge is 0.480 e. The van der Waals surface area contributed by atoms with E-state index in [1.165, 1.54) is 17.0 Å². The van der Waals surface area contributed by atoms with Crippen molar-refractivity contribution in [2.75, 3.05) is 6.54 Å². The standard InChI is InChI=1S/C12H11BrN2O5/c13-8-4-7(5-9(6-8)15(19)20)11(16)14-3-1-2-10(14)12(17)18/h4-6,10H,1-3H2,(H,17,18). The highest BCUT2D eigenvalue weighted by Gasteiger charge is 2.34. The SMILES string of the molecule is O=C(O)C1CCCN1C(=O)c1cc(Br)cc([N+](=O)[O-])c1. The summed E-state index contributed by atoms with van der Waals surface area (Å²) in [6.07, 6.45) is 1.01. The average Bonchev–Trinajstić information content (AvgIpc) is 2.86. The normalized spacial score (nSPS) is 18.1. The van der Waals surface area contributed by atoms with Crippen LogP contribution in [0.3, 0.4) is 0 Å². The number of aliphatic carboxylic acids is 1. The lowest BCUT2D eigenvalue weighted by molar-refractivity contribution is -0.385. The zero-order chi connectivity index (χ0) is 14.9. The highest BCUT2D eigenvalue weighted by atomic mass is 79.9. The lowest BCUT2D eigenvalue weighted by Crippen LogP contribution is -2.40. The molecule has 1 aliphatic heterocycles. The van der Waals surface area contributed by atoms with Crippen molar-refractivity contribution in [2.24, 2.45) is 0 Å². The van der Waals surface area contributed by atoms with Gasteiger partial charge in [-0.2, -0.15) is 0 Å². The van der Waals surface area contributed by atoms with Crippen LogP contribution in [-0.2, 0) is 4.79 Å². The summed E-state index contributed by atoms with van der Waals surface area (Å²) >= 11 is 3.11. The lowest BCUT2D eigenvalue weighted by Gasteiger charge is -2.21. The van der Waals surface area contributed by atoms with Gasteiger partial charge in [-0.25, -0.2) is 4.79 Å². The van der Waals surface area contributed by atoms with E-state index < -0.39 is 22.8 Å². The first kappa shape index (κ1) is 14.4. The summed E-state index contributed by atoms with van der Waals surface area (Å²) in [6, 6.07) is 3.03. The first-order valence-electron chi connectivity index (χ1n) is 5.89. The summed E-state index contributed by atoms with van der Waals surface area (Å²) in [5.74, 6) is -1.56. The van der Waals surface area contributed by atoms with Crippen molar-refractivity contribution < 1.29 is 19.6 Å². The Balaban J connectivity index is 2.33. The molecule has 0 aromatic heterocycles. The summed E-state index contributed by atoms with van der Waals surface area (Å²) < 4.78 is 0.404. The Morgan fingerprint density at radius 2 is 2.10 bits per heavy atom. The Kier molecular flexibility index (Phi) is 4.03. The Morgan fingerprint density at radius 1 is 1.40 bits per heavy atom. The first-order chi connectivity index (χ1) is 9.40. The maximum atomic E-state index is 12.3. The highest BCUT2D eigenvalue weighted by molar-refractivity contribution is 9.10. The number of benzene rings is 1. The van der Waals surface area contributed by atoms with E-state index in [1.807, 2.05) is 0 Å². The van der Waals surface area contributed by atoms with Gasteiger partial charge in [0.25, 0.3) is 11.6 Å². The van der Waals surface area contributed by atoms with Gasteiger partial charge in [0.1, 0.15) is 6.04 Å². The van der Waals surface area contributed by atoms with E-state index in [2.05, 4.69) is 15.9 Å². The van der Waals surface area contributed by atoms with Crippen LogP contribution in [0.5, 0.6) is 0 Å². The molecule has 1 unspecified atom stereocenters. The molecule has 1 N–H and O–H groups in total. The number of halogens is 1. The van der Waals surface area contributed by atoms with Gasteiger partial charge >= 0.3 is 5.97 Å². The molecule has 1 amide bonds. The monoisotopic (exact) mass is 342 g/mol. The summed E-state index contributed by atoms with van der Waals surface area (Å²) in [5, 5.41) is 19.9. The third-order valence-electron chi connectivity index (χ3n) is 3.14. The van der Waals surface area contributed by atoms with E-state index in [4.69, 9.17) is 5.11 Å². The van der Waals surface area contributed by atoms with Gasteiger partial charge in [0, 0.05) is 28.7 Å². The second-order valence-corrected chi connectivity index (χ2v) is 5.37. The Bertz CT molecular complexity index is 589. The molecule has 1 aromatic rings. The van der Waals surface area contributed by atoms with E-state index >= 15 is 0 Å². The number of carboxylic acids is 1. The van der Waals surface area contributed by atoms with Gasteiger partial charge < -0.3 is 10.0 Å². The van der Waals surface area contributed by atoms with Gasteiger partial charge in [0.05, 0.1) is 4.92 Å². The molecule has 20 heavy (non-hydrogen) atoms. The van der Waals surface area contributed by atoms with Gasteiger partial charge in [0.15, 0.2) is 0 Å². The van der Waals surface area contributed by atoms with Crippen molar-refractivity contribution >= 4 is 33.5 Å². The number of likely N-dealkylation sites (tertiary alicyclic amines) is 1. The zero-order valence-corrected chi connectivity index (χ0v) is 11.9. The zero-order valence-electron chi connectivity index (χ0n) is 10.3. The van der Waals surface area contributed by atoms with Gasteiger partial charge in [-0.1, -0.05) is 15.9 Å². The molecule has 0 radical (unpaired) electrons. The van der Waals surface area contributed by atoms with E-state index in [0.717, 1.165) is 6.07 Å². The number of carbonyl (C=O) groups is 2. The minimum Gasteiger partial charge on any atom is -0.480 e. The summed E-state index contributed by atoms with van der Waals surface area (Å²) in [5.41, 5.74) is -0.104. The number of nitrogens with zero attached hydrogens (tertiary/aromatic N) is 2. The minimum absolute atomic E-state index is 0.110. The summed E-state index contributed by atoms with van der Waals surface area (Å²) in [4.78, 5) is 34.8. The van der Waals surface area contributed by atoms with Crippen LogP contribution in [0.15, 0.2) is 22.7 Å². The molecule has 1 heterocycles. The molecular weight excluding hydrogens is 332 g/mol. The summed E-state index contributed by atoms with van der Waals surface area (Å²) in [6.45, 7) is 0.343. The molecule has 1 fully saturated rings. The first-order valence-corrected chi connectivity index (χ1v) is 6.68. The highest BCUT2D eigenvalue weighted by Crippen LogP contribution is 2.25. The topological polar surface area (TPSA) is 101 Å². The Labute approximate surface area is 122 Å². The molecule has 0 bridgehead atoms. The van der Waals surface area contributed by atoms with Crippen LogP contribution in [0.1, 0.15) is 23.2 Å². The smallest absolute Gasteiger partial charge is 0.326 e. The molecule has 1 aromatic carbocycles. The maximum absolute atomic E-state index is 12.3. The van der Waals surface area contributed by atoms with E-state index in [1.54, 1.807) is 0 Å². The van der Waals surface area contributed by atoms with Crippen LogP contribution < -0.4 is 0 Å². The van der Waals surface area contributed by atoms with Gasteiger partial charge in [0.2, 0.25) is 0 Å². The molecule has 2 rings (SSSR count). The third-order valence-corrected chi connectivity index (χ3v) is 3.60. The number of nitro groups is 1. The van der Waals surface area contributed by atoms with Crippen molar-refractivity contribution in [3.05, 3.63) is 38.3 Å². The minimum atomic E-state index is -1.06. The number of hydrogen-bond donors (Lipinski definition) is 1. The number of amides is 1. The van der Waals surface area contributed by atoms with Crippen LogP contribution in [0.25, 0.3) is 0 Å². The molecule has 7 nitrogen and oxygen atoms in total. The third kappa shape index (κ3) is 2.79. The van der Waals surface area contributed by atoms with Gasteiger partial charge in [-0.3, -0.25) is 14.9 Å². The van der Waals surface area contributed by atoms with Crippen LogP contribution in [0.2, 0.25) is 0 Å². The fraction of sp³-hybridized carbons (Fsp3) is 0.333. The van der Waals surface area contributed by atoms with Crippen LogP contribution in [0, 0.1) is 10.1 Å². The van der Waals surface area contributed by atoms with Crippen molar-refractivity contribution in [1.82, 2.24) is 4.90 Å². The second kappa shape index (κ2) is 5.58. The molecule has 0 saturated carbocycles. The van der Waals surface area contributed by atoms with Crippen LogP contribution >= 0.6 is 15.9 Å². The average molecular weight is 343 g/mol. The van der Waals surface area contributed by atoms with Crippen LogP contribution in [-0.4, -0.2) is 39.4 Å². The molecule has 1 aliphatic rings. The quantitative estimate of drug-likeness (QED) is 0.669. The van der Waals surface area contributed by atoms with E-state index in [9.17, 15) is 19.7 Å². The number of carboxylic acid groups (broad SMARTS) is 1. The van der Waals surface area contributed by atoms with Gasteiger partial charge in [-0.15, -0.1) is 0 Å². The predicted molar refractivity (Wildman–Crippen MR) is 72.5 cm³/mol. The van der Waals surface area contributed by atoms with E-state index in [-0.39, 0.29) is 11.3 Å². The van der Waals surface area contributed by atoms with Gasteiger partial charge in [-0.05, 0) is 18.9 Å². The molecule has 106 valence electrons. The fourth-order valence-corrected chi connectivity index (χ4v) is 2.72. The molecule has 1 atom stereocenters. The number of hydrogen-bond acceptors (Lipinski definition) is 4. The number of non-ortho nitro benzene ring substituents is 1. The second-order valence-electron chi connectivity index (χ2n) is 4.45. The lowest BCUT2D eigenvalue weighted by atomic mass is 10.1.